The van der Waals surface area contributed by atoms with E-state index < -0.39 is 12.1 Å². The molecule has 2 aliphatic rings. The van der Waals surface area contributed by atoms with Gasteiger partial charge in [0.1, 0.15) is 0 Å². The van der Waals surface area contributed by atoms with Gasteiger partial charge in [-0.2, -0.15) is 13.2 Å². The van der Waals surface area contributed by atoms with Crippen LogP contribution in [0.25, 0.3) is 0 Å². The maximum Gasteiger partial charge on any atom is 0.391 e. The van der Waals surface area contributed by atoms with Crippen molar-refractivity contribution in [1.29, 1.82) is 0 Å². The summed E-state index contributed by atoms with van der Waals surface area (Å²) in [7, 11) is 0. The minimum atomic E-state index is -4.04. The Hall–Kier alpha value is -0.290. The van der Waals surface area contributed by atoms with Crippen LogP contribution in [0.1, 0.15) is 58.3 Å². The molecule has 0 aliphatic heterocycles. The van der Waals surface area contributed by atoms with Crippen molar-refractivity contribution in [2.75, 3.05) is 0 Å². The normalized spacial score (nSPS) is 37.6. The maximum absolute atomic E-state index is 12.9. The average Bonchev–Trinajstić information content (AvgIpc) is 2.41. The number of hydrogen-bond acceptors (Lipinski definition) is 2. The summed E-state index contributed by atoms with van der Waals surface area (Å²) in [5.74, 6) is 5.85. The molecule has 0 aromatic carbocycles. The van der Waals surface area contributed by atoms with E-state index in [0.29, 0.717) is 18.8 Å². The van der Waals surface area contributed by atoms with Crippen molar-refractivity contribution in [1.82, 2.24) is 5.43 Å². The molecule has 20 heavy (non-hydrogen) atoms. The highest BCUT2D eigenvalue weighted by molar-refractivity contribution is 4.89. The van der Waals surface area contributed by atoms with Gasteiger partial charge in [-0.15, -0.1) is 0 Å². The Labute approximate surface area is 119 Å². The number of halogens is 3. The van der Waals surface area contributed by atoms with Crippen molar-refractivity contribution >= 4 is 0 Å². The van der Waals surface area contributed by atoms with Crippen LogP contribution in [0.15, 0.2) is 0 Å². The van der Waals surface area contributed by atoms with Gasteiger partial charge >= 0.3 is 6.18 Å². The lowest BCUT2D eigenvalue weighted by atomic mass is 9.70. The molecular formula is C15H27F3N2. The molecule has 0 amide bonds. The summed E-state index contributed by atoms with van der Waals surface area (Å²) in [6.45, 7) is 2.25. The molecular weight excluding hydrogens is 265 g/mol. The lowest BCUT2D eigenvalue weighted by molar-refractivity contribution is -0.187. The van der Waals surface area contributed by atoms with Crippen LogP contribution in [0.2, 0.25) is 0 Å². The van der Waals surface area contributed by atoms with Gasteiger partial charge in [0.05, 0.1) is 5.92 Å². The van der Waals surface area contributed by atoms with Crippen molar-refractivity contribution in [2.24, 2.45) is 29.5 Å². The summed E-state index contributed by atoms with van der Waals surface area (Å²) in [5.41, 5.74) is 2.86. The molecule has 3 unspecified atom stereocenters. The van der Waals surface area contributed by atoms with E-state index in [-0.39, 0.29) is 18.4 Å². The van der Waals surface area contributed by atoms with Crippen molar-refractivity contribution in [3.05, 3.63) is 0 Å². The van der Waals surface area contributed by atoms with Crippen LogP contribution in [-0.2, 0) is 0 Å². The Kier molecular flexibility index (Phi) is 5.35. The highest BCUT2D eigenvalue weighted by Gasteiger charge is 2.44. The molecule has 0 bridgehead atoms. The van der Waals surface area contributed by atoms with Crippen LogP contribution >= 0.6 is 0 Å². The topological polar surface area (TPSA) is 38.0 Å². The van der Waals surface area contributed by atoms with Gasteiger partial charge < -0.3 is 0 Å². The van der Waals surface area contributed by atoms with Crippen LogP contribution in [0.4, 0.5) is 13.2 Å². The summed E-state index contributed by atoms with van der Waals surface area (Å²) in [5, 5.41) is 0. The van der Waals surface area contributed by atoms with Crippen LogP contribution < -0.4 is 11.3 Å². The first-order chi connectivity index (χ1) is 9.41. The number of nitrogens with one attached hydrogen (secondary N) is 1. The minimum Gasteiger partial charge on any atom is -0.271 e. The average molecular weight is 292 g/mol. The zero-order valence-corrected chi connectivity index (χ0v) is 12.3. The summed E-state index contributed by atoms with van der Waals surface area (Å²) < 4.78 is 38.8. The summed E-state index contributed by atoms with van der Waals surface area (Å²) >= 11 is 0. The summed E-state index contributed by atoms with van der Waals surface area (Å²) in [6, 6.07) is 0.0626. The Morgan fingerprint density at radius 2 is 1.65 bits per heavy atom. The van der Waals surface area contributed by atoms with Gasteiger partial charge in [-0.3, -0.25) is 11.3 Å². The van der Waals surface area contributed by atoms with E-state index in [1.54, 1.807) is 0 Å². The van der Waals surface area contributed by atoms with Gasteiger partial charge in [-0.25, -0.2) is 0 Å². The molecule has 2 fully saturated rings. The van der Waals surface area contributed by atoms with Crippen LogP contribution in [-0.4, -0.2) is 12.2 Å². The lowest BCUT2D eigenvalue weighted by Gasteiger charge is -2.40. The molecule has 2 aliphatic carbocycles. The van der Waals surface area contributed by atoms with E-state index in [1.165, 1.54) is 12.8 Å². The molecule has 2 nitrogen and oxygen atoms in total. The second-order valence-electron chi connectivity index (χ2n) is 6.88. The van der Waals surface area contributed by atoms with Crippen LogP contribution in [0, 0.1) is 23.7 Å². The predicted octanol–water partition coefficient (Wildman–Crippen LogP) is 4.01. The third-order valence-corrected chi connectivity index (χ3v) is 5.45. The zero-order chi connectivity index (χ0) is 14.8. The van der Waals surface area contributed by atoms with E-state index in [2.05, 4.69) is 12.3 Å². The number of nitrogens with two attached hydrogens (primary N) is 1. The van der Waals surface area contributed by atoms with E-state index in [4.69, 9.17) is 5.84 Å². The van der Waals surface area contributed by atoms with Gasteiger partial charge in [0.25, 0.3) is 0 Å². The van der Waals surface area contributed by atoms with Gasteiger partial charge in [0.15, 0.2) is 0 Å². The fraction of sp³-hybridized carbons (Fsp3) is 1.00. The highest BCUT2D eigenvalue weighted by atomic mass is 19.4. The molecule has 3 N–H and O–H groups in total. The molecule has 2 rings (SSSR count). The van der Waals surface area contributed by atoms with Gasteiger partial charge in [-0.1, -0.05) is 26.2 Å². The Bertz CT molecular complexity index is 298. The first-order valence-corrected chi connectivity index (χ1v) is 7.94. The largest absolute Gasteiger partial charge is 0.391 e. The van der Waals surface area contributed by atoms with Crippen molar-refractivity contribution in [3.8, 4) is 0 Å². The molecule has 118 valence electrons. The van der Waals surface area contributed by atoms with E-state index in [9.17, 15) is 13.2 Å². The van der Waals surface area contributed by atoms with Crippen LogP contribution in [0.3, 0.4) is 0 Å². The lowest BCUT2D eigenvalue weighted by Crippen LogP contribution is -2.49. The Morgan fingerprint density at radius 3 is 2.20 bits per heavy atom. The Morgan fingerprint density at radius 1 is 1.00 bits per heavy atom. The Balaban J connectivity index is 1.96. The van der Waals surface area contributed by atoms with Crippen LogP contribution in [0.5, 0.6) is 0 Å². The van der Waals surface area contributed by atoms with Crippen molar-refractivity contribution in [3.63, 3.8) is 0 Å². The van der Waals surface area contributed by atoms with Crippen molar-refractivity contribution in [2.45, 2.75) is 70.5 Å². The van der Waals surface area contributed by atoms with E-state index in [0.717, 1.165) is 25.2 Å². The first-order valence-electron chi connectivity index (χ1n) is 7.94. The first kappa shape index (κ1) is 16.1. The van der Waals surface area contributed by atoms with Crippen molar-refractivity contribution < 1.29 is 13.2 Å². The summed E-state index contributed by atoms with van der Waals surface area (Å²) in [6.07, 6.45) is 2.62. The molecule has 0 spiro atoms. The van der Waals surface area contributed by atoms with Gasteiger partial charge in [-0.05, 0) is 49.9 Å². The highest BCUT2D eigenvalue weighted by Crippen LogP contribution is 2.43. The molecule has 0 aromatic heterocycles. The molecule has 0 saturated heterocycles. The third kappa shape index (κ3) is 3.88. The van der Waals surface area contributed by atoms with E-state index >= 15 is 0 Å². The fourth-order valence-corrected chi connectivity index (χ4v) is 4.15. The number of hydrogen-bond donors (Lipinski definition) is 2. The second kappa shape index (κ2) is 6.65. The standard InChI is InChI=1S/C15H27F3N2/c1-10-5-7-11(8-6-10)14(20-19)12-3-2-4-13(9-12)15(16,17)18/h10-14,20H,2-9,19H2,1H3. The zero-order valence-electron chi connectivity index (χ0n) is 12.3. The number of rotatable bonds is 3. The molecule has 0 aromatic rings. The SMILES string of the molecule is CC1CCC(C(NN)C2CCCC(C(F)(F)F)C2)CC1. The number of hydrazine groups is 1. The van der Waals surface area contributed by atoms with Gasteiger partial charge in [0.2, 0.25) is 0 Å². The van der Waals surface area contributed by atoms with Gasteiger partial charge in [0, 0.05) is 6.04 Å². The van der Waals surface area contributed by atoms with E-state index in [1.807, 2.05) is 0 Å². The minimum absolute atomic E-state index is 0.0626. The quantitative estimate of drug-likeness (QED) is 0.609. The maximum atomic E-state index is 12.9. The fourth-order valence-electron chi connectivity index (χ4n) is 4.15. The molecule has 2 saturated carbocycles. The second-order valence-corrected chi connectivity index (χ2v) is 6.88. The monoisotopic (exact) mass is 292 g/mol. The predicted molar refractivity (Wildman–Crippen MR) is 73.7 cm³/mol. The molecule has 0 radical (unpaired) electrons. The molecule has 3 atom stereocenters. The third-order valence-electron chi connectivity index (χ3n) is 5.45. The molecule has 0 heterocycles. The smallest absolute Gasteiger partial charge is 0.271 e. The summed E-state index contributed by atoms with van der Waals surface area (Å²) in [4.78, 5) is 0. The number of alkyl halides is 3. The molecule has 5 heteroatoms.